The molecule has 4 rings (SSSR count). The van der Waals surface area contributed by atoms with Gasteiger partial charge in [0.15, 0.2) is 17.6 Å². The Labute approximate surface area is 165 Å². The molecule has 2 heterocycles. The van der Waals surface area contributed by atoms with Crippen molar-refractivity contribution < 1.29 is 23.9 Å². The smallest absolute Gasteiger partial charge is 0.263 e. The van der Waals surface area contributed by atoms with Gasteiger partial charge in [0.1, 0.15) is 12.3 Å². The topological polar surface area (TPSA) is 52.4 Å². The molecule has 1 saturated heterocycles. The van der Waals surface area contributed by atoms with Gasteiger partial charge in [0.25, 0.3) is 5.91 Å². The lowest BCUT2D eigenvalue weighted by Crippen LogP contribution is -3.13. The molecule has 0 saturated carbocycles. The van der Waals surface area contributed by atoms with Crippen molar-refractivity contribution in [1.29, 1.82) is 0 Å². The van der Waals surface area contributed by atoms with Gasteiger partial charge >= 0.3 is 0 Å². The number of quaternary nitrogens is 1. The number of nitrogens with zero attached hydrogens (tertiary/aromatic N) is 1. The standard InChI is InChI=1S/C22H26N2O4/c1-16-4-3-5-19(12-16)28-17(2)22(25)24-10-8-23(9-11-24)14-18-6-7-20-21(13-18)27-15-26-20/h3-7,12-13,17H,8-11,14-15H2,1-2H3/p+1/t17-/m0/s1. The summed E-state index contributed by atoms with van der Waals surface area (Å²) in [5.74, 6) is 2.45. The maximum Gasteiger partial charge on any atom is 0.263 e. The second-order valence-electron chi connectivity index (χ2n) is 7.52. The van der Waals surface area contributed by atoms with Crippen LogP contribution in [0.1, 0.15) is 18.1 Å². The van der Waals surface area contributed by atoms with Crippen molar-refractivity contribution in [2.45, 2.75) is 26.5 Å². The highest BCUT2D eigenvalue weighted by Crippen LogP contribution is 2.32. The Morgan fingerprint density at radius 3 is 2.71 bits per heavy atom. The van der Waals surface area contributed by atoms with Crippen LogP contribution in [0.5, 0.6) is 17.2 Å². The van der Waals surface area contributed by atoms with E-state index < -0.39 is 6.10 Å². The molecule has 0 unspecified atom stereocenters. The number of aryl methyl sites for hydroxylation is 1. The molecular formula is C22H27N2O4+. The van der Waals surface area contributed by atoms with Gasteiger partial charge in [-0.25, -0.2) is 0 Å². The van der Waals surface area contributed by atoms with Crippen LogP contribution in [0, 0.1) is 6.92 Å². The number of ether oxygens (including phenoxy) is 3. The molecule has 2 aliphatic rings. The molecule has 0 aliphatic carbocycles. The molecule has 0 radical (unpaired) electrons. The van der Waals surface area contributed by atoms with E-state index in [0.717, 1.165) is 55.5 Å². The predicted molar refractivity (Wildman–Crippen MR) is 105 cm³/mol. The molecule has 2 aromatic carbocycles. The zero-order valence-electron chi connectivity index (χ0n) is 16.4. The SMILES string of the molecule is Cc1cccc(O[C@@H](C)C(=O)N2CC[NH+](Cc3ccc4c(c3)OCO4)CC2)c1. The van der Waals surface area contributed by atoms with Crippen LogP contribution in [0.3, 0.4) is 0 Å². The first-order chi connectivity index (χ1) is 13.6. The van der Waals surface area contributed by atoms with Gasteiger partial charge in [-0.2, -0.15) is 0 Å². The average molecular weight is 383 g/mol. The molecule has 6 nitrogen and oxygen atoms in total. The lowest BCUT2D eigenvalue weighted by atomic mass is 10.1. The Morgan fingerprint density at radius 1 is 1.14 bits per heavy atom. The number of fused-ring (bicyclic) bond motifs is 1. The highest BCUT2D eigenvalue weighted by atomic mass is 16.7. The van der Waals surface area contributed by atoms with Crippen molar-refractivity contribution in [2.75, 3.05) is 33.0 Å². The van der Waals surface area contributed by atoms with Gasteiger partial charge in [0, 0.05) is 5.56 Å². The van der Waals surface area contributed by atoms with E-state index in [2.05, 4.69) is 12.1 Å². The number of nitrogens with one attached hydrogen (secondary N) is 1. The summed E-state index contributed by atoms with van der Waals surface area (Å²) in [5.41, 5.74) is 2.35. The van der Waals surface area contributed by atoms with Gasteiger partial charge in [-0.3, -0.25) is 4.79 Å². The summed E-state index contributed by atoms with van der Waals surface area (Å²) in [6, 6.07) is 13.9. The third kappa shape index (κ3) is 4.22. The number of carbonyl (C=O) groups is 1. The Hall–Kier alpha value is -2.73. The molecular weight excluding hydrogens is 356 g/mol. The number of hydrogen-bond acceptors (Lipinski definition) is 4. The molecule has 28 heavy (non-hydrogen) atoms. The summed E-state index contributed by atoms with van der Waals surface area (Å²) in [7, 11) is 0. The number of piperazine rings is 1. The predicted octanol–water partition coefficient (Wildman–Crippen LogP) is 1.42. The zero-order valence-corrected chi connectivity index (χ0v) is 16.4. The molecule has 1 N–H and O–H groups in total. The number of benzene rings is 2. The Morgan fingerprint density at radius 2 is 1.93 bits per heavy atom. The van der Waals surface area contributed by atoms with Gasteiger partial charge in [-0.05, 0) is 49.7 Å². The van der Waals surface area contributed by atoms with Crippen LogP contribution in [0.2, 0.25) is 0 Å². The van der Waals surface area contributed by atoms with Gasteiger partial charge in [-0.1, -0.05) is 12.1 Å². The van der Waals surface area contributed by atoms with E-state index in [1.807, 2.05) is 49.1 Å². The summed E-state index contributed by atoms with van der Waals surface area (Å²) in [6.45, 7) is 8.43. The van der Waals surface area contributed by atoms with Crippen molar-refractivity contribution in [3.63, 3.8) is 0 Å². The number of hydrogen-bond donors (Lipinski definition) is 1. The zero-order chi connectivity index (χ0) is 19.5. The first-order valence-electron chi connectivity index (χ1n) is 9.83. The molecule has 0 spiro atoms. The second-order valence-corrected chi connectivity index (χ2v) is 7.52. The van der Waals surface area contributed by atoms with Gasteiger partial charge in [0.05, 0.1) is 26.2 Å². The number of rotatable bonds is 5. The van der Waals surface area contributed by atoms with E-state index in [1.165, 1.54) is 10.5 Å². The highest BCUT2D eigenvalue weighted by molar-refractivity contribution is 5.81. The molecule has 1 fully saturated rings. The van der Waals surface area contributed by atoms with Crippen LogP contribution in [-0.4, -0.2) is 49.9 Å². The van der Waals surface area contributed by atoms with E-state index in [1.54, 1.807) is 0 Å². The minimum Gasteiger partial charge on any atom is -0.481 e. The Kier molecular flexibility index (Phi) is 5.39. The van der Waals surface area contributed by atoms with E-state index in [-0.39, 0.29) is 5.91 Å². The van der Waals surface area contributed by atoms with Crippen molar-refractivity contribution in [2.24, 2.45) is 0 Å². The highest BCUT2D eigenvalue weighted by Gasteiger charge is 2.28. The van der Waals surface area contributed by atoms with Crippen LogP contribution in [0.15, 0.2) is 42.5 Å². The molecule has 6 heteroatoms. The van der Waals surface area contributed by atoms with Crippen molar-refractivity contribution in [1.82, 2.24) is 4.90 Å². The lowest BCUT2D eigenvalue weighted by molar-refractivity contribution is -0.917. The molecule has 0 bridgehead atoms. The summed E-state index contributed by atoms with van der Waals surface area (Å²) < 4.78 is 16.7. The molecule has 1 amide bonds. The Balaban J connectivity index is 1.28. The molecule has 1 atom stereocenters. The van der Waals surface area contributed by atoms with Gasteiger partial charge in [0.2, 0.25) is 6.79 Å². The molecule has 148 valence electrons. The fraction of sp³-hybridized carbons (Fsp3) is 0.409. The minimum absolute atomic E-state index is 0.0589. The Bertz CT molecular complexity index is 846. The van der Waals surface area contributed by atoms with Crippen LogP contribution in [0.25, 0.3) is 0 Å². The van der Waals surface area contributed by atoms with Crippen LogP contribution in [0.4, 0.5) is 0 Å². The molecule has 0 aromatic heterocycles. The lowest BCUT2D eigenvalue weighted by Gasteiger charge is -2.33. The monoisotopic (exact) mass is 383 g/mol. The summed E-state index contributed by atoms with van der Waals surface area (Å²) in [6.07, 6.45) is -0.475. The van der Waals surface area contributed by atoms with Crippen molar-refractivity contribution in [3.05, 3.63) is 53.6 Å². The van der Waals surface area contributed by atoms with Gasteiger partial charge < -0.3 is 24.0 Å². The van der Waals surface area contributed by atoms with E-state index in [0.29, 0.717) is 6.79 Å². The third-order valence-electron chi connectivity index (χ3n) is 5.32. The maximum atomic E-state index is 12.7. The van der Waals surface area contributed by atoms with E-state index in [9.17, 15) is 4.79 Å². The van der Waals surface area contributed by atoms with E-state index in [4.69, 9.17) is 14.2 Å². The van der Waals surface area contributed by atoms with Crippen molar-refractivity contribution >= 4 is 5.91 Å². The maximum absolute atomic E-state index is 12.7. The normalized spacial score (nSPS) is 17.4. The van der Waals surface area contributed by atoms with E-state index >= 15 is 0 Å². The van der Waals surface area contributed by atoms with Crippen molar-refractivity contribution in [3.8, 4) is 17.2 Å². The van der Waals surface area contributed by atoms with Crippen LogP contribution >= 0.6 is 0 Å². The summed E-state index contributed by atoms with van der Waals surface area (Å²) in [4.78, 5) is 16.1. The fourth-order valence-corrected chi connectivity index (χ4v) is 3.76. The molecule has 2 aromatic rings. The largest absolute Gasteiger partial charge is 0.481 e. The first kappa shape index (κ1) is 18.6. The fourth-order valence-electron chi connectivity index (χ4n) is 3.76. The third-order valence-corrected chi connectivity index (χ3v) is 5.32. The van der Waals surface area contributed by atoms with Gasteiger partial charge in [-0.15, -0.1) is 0 Å². The summed E-state index contributed by atoms with van der Waals surface area (Å²) >= 11 is 0. The number of carbonyl (C=O) groups excluding carboxylic acids is 1. The van der Waals surface area contributed by atoms with Crippen LogP contribution in [-0.2, 0) is 11.3 Å². The second kappa shape index (κ2) is 8.10. The number of amides is 1. The average Bonchev–Trinajstić information content (AvgIpc) is 3.16. The quantitative estimate of drug-likeness (QED) is 0.849. The molecule has 2 aliphatic heterocycles. The van der Waals surface area contributed by atoms with Crippen LogP contribution < -0.4 is 19.1 Å². The first-order valence-corrected chi connectivity index (χ1v) is 9.83. The minimum atomic E-state index is -0.475. The summed E-state index contributed by atoms with van der Waals surface area (Å²) in [5, 5.41) is 0.